The first-order valence-electron chi connectivity index (χ1n) is 18.2. The molecule has 0 saturated carbocycles. The average molecular weight is 655 g/mol. The van der Waals surface area contributed by atoms with E-state index in [4.69, 9.17) is 0 Å². The Labute approximate surface area is 298 Å². The first-order valence-corrected chi connectivity index (χ1v) is 18.2. The summed E-state index contributed by atoms with van der Waals surface area (Å²) in [7, 11) is 0. The lowest BCUT2D eigenvalue weighted by atomic mass is 9.90. The maximum atomic E-state index is 2.52. The molecule has 0 fully saturated rings. The minimum atomic E-state index is 0.551. The molecule has 10 rings (SSSR count). The zero-order chi connectivity index (χ0) is 33.9. The van der Waals surface area contributed by atoms with Gasteiger partial charge in [0.1, 0.15) is 0 Å². The molecule has 51 heavy (non-hydrogen) atoms. The smallest absolute Gasteiger partial charge is 0.0546 e. The summed E-state index contributed by atoms with van der Waals surface area (Å²) in [5, 5.41) is 3.90. The van der Waals surface area contributed by atoms with Crippen LogP contribution in [0.5, 0.6) is 0 Å². The van der Waals surface area contributed by atoms with Gasteiger partial charge in [0.2, 0.25) is 0 Å². The van der Waals surface area contributed by atoms with Gasteiger partial charge in [-0.1, -0.05) is 134 Å². The molecule has 6 aromatic carbocycles. The second-order valence-corrected chi connectivity index (χ2v) is 14.1. The van der Waals surface area contributed by atoms with Crippen LogP contribution in [-0.2, 0) is 6.42 Å². The molecule has 0 N–H and O–H groups in total. The van der Waals surface area contributed by atoms with Crippen LogP contribution in [-0.4, -0.2) is 9.13 Å². The summed E-state index contributed by atoms with van der Waals surface area (Å²) in [6.45, 7) is 2.31. The van der Waals surface area contributed by atoms with E-state index in [1.807, 2.05) is 0 Å². The number of fused-ring (bicyclic) bond motifs is 6. The number of hydrogen-bond donors (Lipinski definition) is 0. The Morgan fingerprint density at radius 1 is 0.529 bits per heavy atom. The molecule has 0 spiro atoms. The number of para-hydroxylation sites is 2. The van der Waals surface area contributed by atoms with Crippen molar-refractivity contribution < 1.29 is 0 Å². The second-order valence-electron chi connectivity index (χ2n) is 14.1. The zero-order valence-electron chi connectivity index (χ0n) is 28.8. The van der Waals surface area contributed by atoms with E-state index in [1.54, 1.807) is 0 Å². The summed E-state index contributed by atoms with van der Waals surface area (Å²) in [5.41, 5.74) is 16.6. The van der Waals surface area contributed by atoms with Crippen LogP contribution >= 0.6 is 0 Å². The van der Waals surface area contributed by atoms with E-state index in [2.05, 4.69) is 186 Å². The summed E-state index contributed by atoms with van der Waals surface area (Å²) in [4.78, 5) is 0. The van der Waals surface area contributed by atoms with Gasteiger partial charge in [0.05, 0.1) is 22.2 Å². The first kappa shape index (κ1) is 29.8. The fourth-order valence-electron chi connectivity index (χ4n) is 8.54. The van der Waals surface area contributed by atoms with Crippen LogP contribution in [0.1, 0.15) is 36.6 Å². The predicted octanol–water partition coefficient (Wildman–Crippen LogP) is 13.0. The van der Waals surface area contributed by atoms with Crippen LogP contribution in [0.2, 0.25) is 0 Å². The van der Waals surface area contributed by atoms with Gasteiger partial charge in [-0.25, -0.2) is 0 Å². The van der Waals surface area contributed by atoms with Crippen molar-refractivity contribution in [1.82, 2.24) is 9.13 Å². The van der Waals surface area contributed by atoms with Gasteiger partial charge in [-0.15, -0.1) is 0 Å². The molecular weight excluding hydrogens is 617 g/mol. The fraction of sp³-hybridized carbons (Fsp3) is 0.102. The fourth-order valence-corrected chi connectivity index (χ4v) is 8.54. The topological polar surface area (TPSA) is 9.86 Å². The molecule has 0 radical (unpaired) electrons. The Morgan fingerprint density at radius 3 is 1.98 bits per heavy atom. The van der Waals surface area contributed by atoms with E-state index >= 15 is 0 Å². The highest BCUT2D eigenvalue weighted by Crippen LogP contribution is 2.42. The molecule has 0 bridgehead atoms. The maximum absolute atomic E-state index is 2.52. The van der Waals surface area contributed by atoms with Gasteiger partial charge in [-0.3, -0.25) is 0 Å². The van der Waals surface area contributed by atoms with Gasteiger partial charge in [0.25, 0.3) is 0 Å². The monoisotopic (exact) mass is 654 g/mol. The summed E-state index contributed by atoms with van der Waals surface area (Å²) >= 11 is 0. The van der Waals surface area contributed by atoms with Gasteiger partial charge in [-0.2, -0.15) is 0 Å². The number of aromatic nitrogens is 2. The van der Waals surface area contributed by atoms with Crippen LogP contribution in [0, 0.1) is 5.92 Å². The highest BCUT2D eigenvalue weighted by Gasteiger charge is 2.24. The van der Waals surface area contributed by atoms with Crippen LogP contribution in [0.15, 0.2) is 164 Å². The molecule has 0 aliphatic heterocycles. The third-order valence-corrected chi connectivity index (χ3v) is 10.9. The van der Waals surface area contributed by atoms with Crippen LogP contribution in [0.25, 0.3) is 78.0 Å². The molecule has 8 aromatic rings. The number of benzene rings is 6. The minimum absolute atomic E-state index is 0.551. The number of allylic oxidation sites excluding steroid dienone is 5. The zero-order valence-corrected chi connectivity index (χ0v) is 28.8. The lowest BCUT2D eigenvalue weighted by molar-refractivity contribution is 0.732. The quantitative estimate of drug-likeness (QED) is 0.175. The minimum Gasteiger partial charge on any atom is -0.313 e. The molecule has 2 aliphatic carbocycles. The van der Waals surface area contributed by atoms with E-state index < -0.39 is 0 Å². The lowest BCUT2D eigenvalue weighted by Gasteiger charge is -2.20. The van der Waals surface area contributed by atoms with Gasteiger partial charge in [-0.05, 0) is 95.5 Å². The van der Waals surface area contributed by atoms with Crippen LogP contribution < -0.4 is 0 Å². The molecule has 1 unspecified atom stereocenters. The Balaban J connectivity index is 1.16. The summed E-state index contributed by atoms with van der Waals surface area (Å²) in [5.74, 6) is 0.551. The lowest BCUT2D eigenvalue weighted by Crippen LogP contribution is -2.08. The molecule has 2 aliphatic rings. The van der Waals surface area contributed by atoms with Crippen molar-refractivity contribution in [2.24, 2.45) is 5.92 Å². The van der Waals surface area contributed by atoms with E-state index in [1.165, 1.54) is 88.7 Å². The summed E-state index contributed by atoms with van der Waals surface area (Å²) in [6, 6.07) is 53.4. The number of rotatable bonds is 5. The third kappa shape index (κ3) is 4.94. The average Bonchev–Trinajstić information content (AvgIpc) is 3.70. The van der Waals surface area contributed by atoms with Crippen molar-refractivity contribution in [2.75, 3.05) is 0 Å². The maximum Gasteiger partial charge on any atom is 0.0546 e. The number of hydrogen-bond acceptors (Lipinski definition) is 0. The van der Waals surface area contributed by atoms with Crippen molar-refractivity contribution in [3.8, 4) is 27.9 Å². The first-order chi connectivity index (χ1) is 25.2. The Morgan fingerprint density at radius 2 is 1.20 bits per heavy atom. The van der Waals surface area contributed by atoms with Crippen molar-refractivity contribution >= 4 is 50.1 Å². The van der Waals surface area contributed by atoms with E-state index in [0.29, 0.717) is 5.92 Å². The van der Waals surface area contributed by atoms with Gasteiger partial charge in [0, 0.05) is 38.7 Å². The molecule has 0 saturated heterocycles. The van der Waals surface area contributed by atoms with Gasteiger partial charge in [0.15, 0.2) is 0 Å². The summed E-state index contributed by atoms with van der Waals surface area (Å²) < 4.78 is 5.01. The standard InChI is InChI=1S/C49H38N2/c1-33-13-12-18-39(29-33)50-45-21-10-8-19-41(45)43-30-36(24-27-47(43)50)37-25-28-48-44(31-37)42-20-9-11-22-46(42)51(48)49-32-38(34-14-4-2-5-15-34)23-26-40(49)35-16-6-3-7-17-35/h2-12,14-23,25-26,28-33H,13,24,27H2,1H3. The highest BCUT2D eigenvalue weighted by molar-refractivity contribution is 6.11. The van der Waals surface area contributed by atoms with Gasteiger partial charge < -0.3 is 9.13 Å². The Kier molecular flexibility index (Phi) is 7.02. The largest absolute Gasteiger partial charge is 0.313 e. The molecule has 2 nitrogen and oxygen atoms in total. The molecule has 244 valence electrons. The second kappa shape index (κ2) is 12.0. The predicted molar refractivity (Wildman–Crippen MR) is 217 cm³/mol. The van der Waals surface area contributed by atoms with Crippen LogP contribution in [0.4, 0.5) is 0 Å². The Bertz CT molecular complexity index is 2710. The molecule has 2 heterocycles. The molecule has 2 heteroatoms. The van der Waals surface area contributed by atoms with E-state index in [9.17, 15) is 0 Å². The third-order valence-electron chi connectivity index (χ3n) is 10.9. The highest BCUT2D eigenvalue weighted by atomic mass is 15.0. The van der Waals surface area contributed by atoms with Gasteiger partial charge >= 0.3 is 0 Å². The van der Waals surface area contributed by atoms with Crippen LogP contribution in [0.3, 0.4) is 0 Å². The Hall–Kier alpha value is -6.12. The SMILES string of the molecule is CC1C=C(n2c3c(c4ccccc42)C=C(c2ccc4c(c2)c2ccccc2n4-c2cc(-c4ccccc4)ccc2-c2ccccc2)CC3)C=CC1. The number of nitrogens with zero attached hydrogens (tertiary/aromatic N) is 2. The summed E-state index contributed by atoms with van der Waals surface area (Å²) in [6.07, 6.45) is 12.7. The molecule has 2 aromatic heterocycles. The van der Waals surface area contributed by atoms with E-state index in [-0.39, 0.29) is 0 Å². The van der Waals surface area contributed by atoms with Crippen molar-refractivity contribution in [3.63, 3.8) is 0 Å². The molecular formula is C49H38N2. The van der Waals surface area contributed by atoms with Crippen molar-refractivity contribution in [2.45, 2.75) is 26.2 Å². The normalized spacial score (nSPS) is 15.7. The molecule has 0 amide bonds. The van der Waals surface area contributed by atoms with Crippen molar-refractivity contribution in [1.29, 1.82) is 0 Å². The van der Waals surface area contributed by atoms with E-state index in [0.717, 1.165) is 19.3 Å². The van der Waals surface area contributed by atoms with Crippen molar-refractivity contribution in [3.05, 3.63) is 181 Å². The molecule has 1 atom stereocenters.